The highest BCUT2D eigenvalue weighted by molar-refractivity contribution is 5.85. The zero-order valence-corrected chi connectivity index (χ0v) is 10.5. The summed E-state index contributed by atoms with van der Waals surface area (Å²) in [6.07, 6.45) is 0.221. The maximum atomic E-state index is 11.5. The number of ether oxygens (including phenoxy) is 2. The van der Waals surface area contributed by atoms with Gasteiger partial charge in [0.1, 0.15) is 13.1 Å². The average Bonchev–Trinajstić information content (AvgIpc) is 2.27. The number of hydrogen-bond donors (Lipinski definition) is 0. The maximum Gasteiger partial charge on any atom is 0.325 e. The van der Waals surface area contributed by atoms with E-state index in [0.717, 1.165) is 4.90 Å². The van der Waals surface area contributed by atoms with Gasteiger partial charge in [0.2, 0.25) is 5.91 Å². The normalized spacial score (nSPS) is 9.59. The molecule has 0 aliphatic heterocycles. The van der Waals surface area contributed by atoms with Crippen LogP contribution in [0.4, 0.5) is 0 Å². The van der Waals surface area contributed by atoms with Crippen LogP contribution in [-0.2, 0) is 23.9 Å². The minimum Gasteiger partial charge on any atom is -0.465 e. The molecule has 0 aromatic heterocycles. The smallest absolute Gasteiger partial charge is 0.325 e. The molecule has 0 aromatic carbocycles. The highest BCUT2D eigenvalue weighted by atomic mass is 16.5. The molecule has 17 heavy (non-hydrogen) atoms. The van der Waals surface area contributed by atoms with Crippen molar-refractivity contribution in [2.24, 2.45) is 0 Å². The van der Waals surface area contributed by atoms with Crippen molar-refractivity contribution in [2.45, 2.75) is 27.2 Å². The van der Waals surface area contributed by atoms with Crippen LogP contribution in [0.15, 0.2) is 0 Å². The van der Waals surface area contributed by atoms with E-state index in [2.05, 4.69) is 0 Å². The molecule has 0 heterocycles. The zero-order valence-electron chi connectivity index (χ0n) is 10.5. The van der Waals surface area contributed by atoms with Crippen molar-refractivity contribution in [3.63, 3.8) is 0 Å². The number of hydrogen-bond acceptors (Lipinski definition) is 5. The van der Waals surface area contributed by atoms with Crippen LogP contribution in [0.25, 0.3) is 0 Å². The molecule has 0 aliphatic carbocycles. The Hall–Kier alpha value is -1.59. The number of nitrogens with zero attached hydrogens (tertiary/aromatic N) is 1. The Labute approximate surface area is 101 Å². The molecule has 0 fully saturated rings. The number of carbonyl (C=O) groups excluding carboxylic acids is 3. The topological polar surface area (TPSA) is 72.9 Å². The number of rotatable bonds is 7. The fraction of sp³-hybridized carbons (Fsp3) is 0.727. The van der Waals surface area contributed by atoms with Crippen LogP contribution in [0.1, 0.15) is 27.2 Å². The summed E-state index contributed by atoms with van der Waals surface area (Å²) < 4.78 is 9.45. The van der Waals surface area contributed by atoms with Gasteiger partial charge in [-0.25, -0.2) is 0 Å². The Kier molecular flexibility index (Phi) is 7.75. The summed E-state index contributed by atoms with van der Waals surface area (Å²) >= 11 is 0. The second kappa shape index (κ2) is 8.55. The maximum absolute atomic E-state index is 11.5. The number of esters is 2. The lowest BCUT2D eigenvalue weighted by Crippen LogP contribution is -2.40. The molecule has 0 bridgehead atoms. The predicted octanol–water partition coefficient (Wildman–Crippen LogP) is 0.351. The van der Waals surface area contributed by atoms with Crippen LogP contribution in [0, 0.1) is 0 Å². The molecular weight excluding hydrogens is 226 g/mol. The summed E-state index contributed by atoms with van der Waals surface area (Å²) in [4.78, 5) is 35.1. The molecule has 0 aromatic rings. The molecule has 0 radical (unpaired) electrons. The lowest BCUT2D eigenvalue weighted by Gasteiger charge is -2.19. The van der Waals surface area contributed by atoms with Crippen LogP contribution in [-0.4, -0.2) is 49.0 Å². The molecule has 98 valence electrons. The molecular formula is C11H19NO5. The van der Waals surface area contributed by atoms with Crippen molar-refractivity contribution in [3.05, 3.63) is 0 Å². The van der Waals surface area contributed by atoms with Gasteiger partial charge in [-0.3, -0.25) is 14.4 Å². The molecule has 0 unspecified atom stereocenters. The Morgan fingerprint density at radius 1 is 0.882 bits per heavy atom. The first-order valence-electron chi connectivity index (χ1n) is 5.64. The van der Waals surface area contributed by atoms with Gasteiger partial charge in [0.15, 0.2) is 0 Å². The summed E-state index contributed by atoms with van der Waals surface area (Å²) in [5, 5.41) is 0. The van der Waals surface area contributed by atoms with Gasteiger partial charge in [0.25, 0.3) is 0 Å². The molecule has 1 amide bonds. The Morgan fingerprint density at radius 2 is 1.29 bits per heavy atom. The third-order valence-corrected chi connectivity index (χ3v) is 1.91. The van der Waals surface area contributed by atoms with Crippen LogP contribution in [0.3, 0.4) is 0 Å². The second-order valence-electron chi connectivity index (χ2n) is 3.21. The number of carbonyl (C=O) groups is 3. The quantitative estimate of drug-likeness (QED) is 0.605. The third-order valence-electron chi connectivity index (χ3n) is 1.91. The monoisotopic (exact) mass is 245 g/mol. The molecule has 0 aliphatic rings. The standard InChI is InChI=1S/C11H19NO5/c1-4-9(13)12(7-10(14)16-5-2)8-11(15)17-6-3/h4-8H2,1-3H3. The van der Waals surface area contributed by atoms with E-state index in [0.29, 0.717) is 0 Å². The SMILES string of the molecule is CCOC(=O)CN(CC(=O)OCC)C(=O)CC. The van der Waals surface area contributed by atoms with Gasteiger partial charge in [-0.15, -0.1) is 0 Å². The van der Waals surface area contributed by atoms with Crippen molar-refractivity contribution >= 4 is 17.8 Å². The van der Waals surface area contributed by atoms with E-state index in [1.54, 1.807) is 20.8 Å². The Balaban J connectivity index is 4.38. The highest BCUT2D eigenvalue weighted by Crippen LogP contribution is 1.97. The summed E-state index contributed by atoms with van der Waals surface area (Å²) in [5.41, 5.74) is 0. The lowest BCUT2D eigenvalue weighted by atomic mass is 10.3. The van der Waals surface area contributed by atoms with E-state index < -0.39 is 11.9 Å². The van der Waals surface area contributed by atoms with E-state index in [4.69, 9.17) is 9.47 Å². The van der Waals surface area contributed by atoms with E-state index >= 15 is 0 Å². The van der Waals surface area contributed by atoms with Crippen molar-refractivity contribution in [1.82, 2.24) is 4.90 Å². The summed E-state index contributed by atoms with van der Waals surface area (Å²) in [5.74, 6) is -1.34. The molecule has 0 spiro atoms. The molecule has 0 atom stereocenters. The van der Waals surface area contributed by atoms with Gasteiger partial charge in [-0.05, 0) is 13.8 Å². The van der Waals surface area contributed by atoms with E-state index in [-0.39, 0.29) is 38.6 Å². The summed E-state index contributed by atoms with van der Waals surface area (Å²) in [7, 11) is 0. The largest absolute Gasteiger partial charge is 0.465 e. The van der Waals surface area contributed by atoms with Crippen molar-refractivity contribution in [3.8, 4) is 0 Å². The van der Waals surface area contributed by atoms with Crippen LogP contribution < -0.4 is 0 Å². The fourth-order valence-corrected chi connectivity index (χ4v) is 1.18. The first kappa shape index (κ1) is 15.4. The predicted molar refractivity (Wildman–Crippen MR) is 60.1 cm³/mol. The lowest BCUT2D eigenvalue weighted by molar-refractivity contribution is -0.154. The molecule has 0 N–H and O–H groups in total. The first-order valence-corrected chi connectivity index (χ1v) is 5.64. The molecule has 0 rings (SSSR count). The van der Waals surface area contributed by atoms with Crippen LogP contribution >= 0.6 is 0 Å². The van der Waals surface area contributed by atoms with E-state index in [1.165, 1.54) is 0 Å². The second-order valence-corrected chi connectivity index (χ2v) is 3.21. The van der Waals surface area contributed by atoms with Crippen molar-refractivity contribution in [1.29, 1.82) is 0 Å². The zero-order chi connectivity index (χ0) is 13.3. The number of amides is 1. The third kappa shape index (κ3) is 6.55. The minimum absolute atomic E-state index is 0.221. The average molecular weight is 245 g/mol. The van der Waals surface area contributed by atoms with E-state index in [9.17, 15) is 14.4 Å². The summed E-state index contributed by atoms with van der Waals surface area (Å²) in [6.45, 7) is 5.05. The van der Waals surface area contributed by atoms with Gasteiger partial charge in [0, 0.05) is 6.42 Å². The van der Waals surface area contributed by atoms with Gasteiger partial charge >= 0.3 is 11.9 Å². The van der Waals surface area contributed by atoms with Gasteiger partial charge in [-0.2, -0.15) is 0 Å². The van der Waals surface area contributed by atoms with Crippen LogP contribution in [0.2, 0.25) is 0 Å². The van der Waals surface area contributed by atoms with E-state index in [1.807, 2.05) is 0 Å². The fourth-order valence-electron chi connectivity index (χ4n) is 1.18. The highest BCUT2D eigenvalue weighted by Gasteiger charge is 2.19. The van der Waals surface area contributed by atoms with Gasteiger partial charge in [-0.1, -0.05) is 6.92 Å². The van der Waals surface area contributed by atoms with Crippen LogP contribution in [0.5, 0.6) is 0 Å². The summed E-state index contributed by atoms with van der Waals surface area (Å²) in [6, 6.07) is 0. The Morgan fingerprint density at radius 3 is 1.59 bits per heavy atom. The molecule has 6 heteroatoms. The van der Waals surface area contributed by atoms with Crippen molar-refractivity contribution in [2.75, 3.05) is 26.3 Å². The molecule has 6 nitrogen and oxygen atoms in total. The molecule has 0 saturated heterocycles. The van der Waals surface area contributed by atoms with Crippen molar-refractivity contribution < 1.29 is 23.9 Å². The Bertz CT molecular complexity index is 257. The van der Waals surface area contributed by atoms with Gasteiger partial charge < -0.3 is 14.4 Å². The minimum atomic E-state index is -0.529. The van der Waals surface area contributed by atoms with Gasteiger partial charge in [0.05, 0.1) is 13.2 Å². The molecule has 0 saturated carbocycles. The first-order chi connectivity index (χ1) is 8.04.